The molecule has 0 radical (unpaired) electrons. The van der Waals surface area contributed by atoms with Crippen LogP contribution in [0.25, 0.3) is 10.1 Å². The normalized spacial score (nSPS) is 11.5. The Balaban J connectivity index is 1.73. The van der Waals surface area contributed by atoms with Crippen molar-refractivity contribution in [1.29, 1.82) is 5.26 Å². The third-order valence-electron chi connectivity index (χ3n) is 4.87. The minimum Gasteiger partial charge on any atom is -0.334 e. The number of nitriles is 1. The number of likely N-dealkylation sites (N-methyl/N-ethyl adjacent to an activating group) is 1. The molecule has 30 heavy (non-hydrogen) atoms. The van der Waals surface area contributed by atoms with Gasteiger partial charge in [-0.1, -0.05) is 48.0 Å². The van der Waals surface area contributed by atoms with Crippen LogP contribution in [0.1, 0.15) is 23.6 Å². The van der Waals surface area contributed by atoms with Crippen LogP contribution in [-0.2, 0) is 17.8 Å². The Kier molecular flexibility index (Phi) is 7.04. The molecule has 0 saturated heterocycles. The van der Waals surface area contributed by atoms with E-state index >= 15 is 0 Å². The molecule has 0 fully saturated rings. The molecule has 0 bridgehead atoms. The SMILES string of the molecule is CCN(C#N)C(=O)C(Cc1csc2ccccc12)NC(=O)NCc1ccc(C)cc1. The molecule has 0 saturated carbocycles. The summed E-state index contributed by atoms with van der Waals surface area (Å²) in [4.78, 5) is 26.5. The fourth-order valence-electron chi connectivity index (χ4n) is 3.17. The summed E-state index contributed by atoms with van der Waals surface area (Å²) >= 11 is 1.60. The summed E-state index contributed by atoms with van der Waals surface area (Å²) in [7, 11) is 0. The number of aryl methyl sites for hydroxylation is 1. The minimum atomic E-state index is -0.833. The van der Waals surface area contributed by atoms with E-state index in [-0.39, 0.29) is 6.54 Å². The zero-order valence-corrected chi connectivity index (χ0v) is 17.8. The molecule has 0 aliphatic carbocycles. The summed E-state index contributed by atoms with van der Waals surface area (Å²) in [6, 6.07) is 14.5. The van der Waals surface area contributed by atoms with Gasteiger partial charge in [0.1, 0.15) is 6.04 Å². The fourth-order valence-corrected chi connectivity index (χ4v) is 4.15. The topological polar surface area (TPSA) is 85.2 Å². The molecule has 1 aromatic heterocycles. The maximum absolute atomic E-state index is 12.9. The molecule has 6 nitrogen and oxygen atoms in total. The molecule has 3 aromatic rings. The number of thiophene rings is 1. The number of amides is 3. The average molecular weight is 421 g/mol. The van der Waals surface area contributed by atoms with Gasteiger partial charge in [0.25, 0.3) is 5.91 Å². The van der Waals surface area contributed by atoms with E-state index in [1.807, 2.05) is 67.0 Å². The highest BCUT2D eigenvalue weighted by molar-refractivity contribution is 7.17. The number of rotatable bonds is 7. The van der Waals surface area contributed by atoms with Crippen molar-refractivity contribution >= 4 is 33.4 Å². The second-order valence-corrected chi connectivity index (χ2v) is 7.92. The molecule has 154 valence electrons. The first-order chi connectivity index (χ1) is 14.5. The zero-order valence-electron chi connectivity index (χ0n) is 17.0. The molecule has 7 heteroatoms. The number of hydrogen-bond acceptors (Lipinski definition) is 4. The number of hydrogen-bond donors (Lipinski definition) is 2. The lowest BCUT2D eigenvalue weighted by molar-refractivity contribution is -0.129. The molecular weight excluding hydrogens is 396 g/mol. The third kappa shape index (κ3) is 5.16. The van der Waals surface area contributed by atoms with Crippen molar-refractivity contribution in [3.63, 3.8) is 0 Å². The number of carbonyl (C=O) groups excluding carboxylic acids is 2. The number of benzene rings is 2. The first-order valence-electron chi connectivity index (χ1n) is 9.78. The fraction of sp³-hybridized carbons (Fsp3) is 0.261. The van der Waals surface area contributed by atoms with Gasteiger partial charge in [-0.15, -0.1) is 11.3 Å². The minimum absolute atomic E-state index is 0.253. The van der Waals surface area contributed by atoms with Crippen molar-refractivity contribution in [2.45, 2.75) is 32.9 Å². The second-order valence-electron chi connectivity index (χ2n) is 7.01. The third-order valence-corrected chi connectivity index (χ3v) is 5.88. The van der Waals surface area contributed by atoms with Crippen molar-refractivity contribution in [2.24, 2.45) is 0 Å². The van der Waals surface area contributed by atoms with Gasteiger partial charge in [0.15, 0.2) is 6.19 Å². The van der Waals surface area contributed by atoms with Gasteiger partial charge in [-0.05, 0) is 41.8 Å². The quantitative estimate of drug-likeness (QED) is 0.448. The summed E-state index contributed by atoms with van der Waals surface area (Å²) in [6.45, 7) is 4.34. The lowest BCUT2D eigenvalue weighted by Gasteiger charge is -2.22. The van der Waals surface area contributed by atoms with E-state index in [0.29, 0.717) is 13.0 Å². The molecule has 0 aliphatic heterocycles. The number of nitrogens with one attached hydrogen (secondary N) is 2. The molecule has 1 heterocycles. The van der Waals surface area contributed by atoms with Crippen molar-refractivity contribution in [3.8, 4) is 6.19 Å². The van der Waals surface area contributed by atoms with E-state index in [1.54, 1.807) is 18.3 Å². The molecule has 0 spiro atoms. The Bertz CT molecular complexity index is 1070. The van der Waals surface area contributed by atoms with Crippen molar-refractivity contribution in [2.75, 3.05) is 6.54 Å². The van der Waals surface area contributed by atoms with Crippen LogP contribution < -0.4 is 10.6 Å². The van der Waals surface area contributed by atoms with Crippen LogP contribution in [0.15, 0.2) is 53.9 Å². The van der Waals surface area contributed by atoms with Gasteiger partial charge in [-0.2, -0.15) is 5.26 Å². The van der Waals surface area contributed by atoms with Gasteiger partial charge in [0.05, 0.1) is 0 Å². The van der Waals surface area contributed by atoms with Gasteiger partial charge in [-0.3, -0.25) is 4.79 Å². The molecule has 3 rings (SSSR count). The highest BCUT2D eigenvalue weighted by Crippen LogP contribution is 2.26. The van der Waals surface area contributed by atoms with Crippen LogP contribution in [0, 0.1) is 18.4 Å². The average Bonchev–Trinajstić information content (AvgIpc) is 3.16. The molecule has 0 aliphatic rings. The number of fused-ring (bicyclic) bond motifs is 1. The number of nitrogens with zero attached hydrogens (tertiary/aromatic N) is 2. The Morgan fingerprint density at radius 1 is 1.17 bits per heavy atom. The van der Waals surface area contributed by atoms with E-state index in [4.69, 9.17) is 0 Å². The Morgan fingerprint density at radius 3 is 2.60 bits per heavy atom. The Hall–Kier alpha value is -3.37. The predicted octanol–water partition coefficient (Wildman–Crippen LogP) is 3.95. The van der Waals surface area contributed by atoms with Crippen LogP contribution >= 0.6 is 11.3 Å². The van der Waals surface area contributed by atoms with Gasteiger partial charge in [0, 0.05) is 24.2 Å². The van der Waals surface area contributed by atoms with Crippen molar-refractivity contribution in [3.05, 3.63) is 70.6 Å². The second kappa shape index (κ2) is 9.90. The number of urea groups is 1. The van der Waals surface area contributed by atoms with E-state index in [0.717, 1.165) is 31.7 Å². The van der Waals surface area contributed by atoms with E-state index in [2.05, 4.69) is 10.6 Å². The summed E-state index contributed by atoms with van der Waals surface area (Å²) < 4.78 is 1.12. The van der Waals surface area contributed by atoms with E-state index in [9.17, 15) is 14.9 Å². The smallest absolute Gasteiger partial charge is 0.315 e. The van der Waals surface area contributed by atoms with Gasteiger partial charge >= 0.3 is 6.03 Å². The van der Waals surface area contributed by atoms with Crippen LogP contribution in [-0.4, -0.2) is 29.4 Å². The highest BCUT2D eigenvalue weighted by atomic mass is 32.1. The summed E-state index contributed by atoms with van der Waals surface area (Å²) in [5.41, 5.74) is 3.09. The van der Waals surface area contributed by atoms with Gasteiger partial charge in [-0.25, -0.2) is 9.69 Å². The van der Waals surface area contributed by atoms with Crippen LogP contribution in [0.5, 0.6) is 0 Å². The molecule has 3 amide bonds. The van der Waals surface area contributed by atoms with Gasteiger partial charge in [0.2, 0.25) is 0 Å². The maximum Gasteiger partial charge on any atom is 0.315 e. The van der Waals surface area contributed by atoms with Crippen LogP contribution in [0.2, 0.25) is 0 Å². The summed E-state index contributed by atoms with van der Waals surface area (Å²) in [5.74, 6) is -0.416. The largest absolute Gasteiger partial charge is 0.334 e. The van der Waals surface area contributed by atoms with Crippen LogP contribution in [0.4, 0.5) is 4.79 Å². The predicted molar refractivity (Wildman–Crippen MR) is 119 cm³/mol. The Labute approximate surface area is 180 Å². The lowest BCUT2D eigenvalue weighted by atomic mass is 10.0. The van der Waals surface area contributed by atoms with E-state index in [1.165, 1.54) is 0 Å². The Morgan fingerprint density at radius 2 is 1.90 bits per heavy atom. The standard InChI is InChI=1S/C23H24N4O2S/c1-3-27(15-24)22(28)20(12-18-14-30-21-7-5-4-6-19(18)21)26-23(29)25-13-17-10-8-16(2)9-11-17/h4-11,14,20H,3,12-13H2,1-2H3,(H2,25,26,29). The monoisotopic (exact) mass is 420 g/mol. The molecule has 1 unspecified atom stereocenters. The zero-order chi connectivity index (χ0) is 21.5. The first-order valence-corrected chi connectivity index (χ1v) is 10.7. The molecule has 2 N–H and O–H groups in total. The summed E-state index contributed by atoms with van der Waals surface area (Å²) in [5, 5.41) is 17.9. The molecule has 2 aromatic carbocycles. The van der Waals surface area contributed by atoms with Crippen LogP contribution in [0.3, 0.4) is 0 Å². The van der Waals surface area contributed by atoms with Gasteiger partial charge < -0.3 is 10.6 Å². The number of carbonyl (C=O) groups is 2. The molecule has 1 atom stereocenters. The highest BCUT2D eigenvalue weighted by Gasteiger charge is 2.26. The van der Waals surface area contributed by atoms with Crippen molar-refractivity contribution in [1.82, 2.24) is 15.5 Å². The lowest BCUT2D eigenvalue weighted by Crippen LogP contribution is -2.51. The van der Waals surface area contributed by atoms with Crippen molar-refractivity contribution < 1.29 is 9.59 Å². The van der Waals surface area contributed by atoms with E-state index < -0.39 is 18.0 Å². The molecular formula is C23H24N4O2S. The maximum atomic E-state index is 12.9. The summed E-state index contributed by atoms with van der Waals surface area (Å²) in [6.07, 6.45) is 2.22. The first kappa shape index (κ1) is 21.3.